The molecule has 2 aliphatic rings. The Balaban J connectivity index is 1.87. The molecule has 0 radical (unpaired) electrons. The maximum Gasteiger partial charge on any atom is 0.117 e. The summed E-state index contributed by atoms with van der Waals surface area (Å²) in [7, 11) is 0. The highest BCUT2D eigenvalue weighted by Crippen LogP contribution is 2.52. The van der Waals surface area contributed by atoms with Crippen molar-refractivity contribution in [1.82, 2.24) is 4.98 Å². The van der Waals surface area contributed by atoms with E-state index in [0.717, 1.165) is 17.5 Å². The first-order valence-electron chi connectivity index (χ1n) is 6.68. The Bertz CT molecular complexity index is 506. The van der Waals surface area contributed by atoms with E-state index in [2.05, 4.69) is 30.3 Å². The van der Waals surface area contributed by atoms with E-state index in [1.54, 1.807) is 0 Å². The summed E-state index contributed by atoms with van der Waals surface area (Å²) in [6, 6.07) is 4.19. The van der Waals surface area contributed by atoms with Crippen LogP contribution in [0.3, 0.4) is 0 Å². The zero-order chi connectivity index (χ0) is 12.7. The molecule has 3 unspecified atom stereocenters. The fraction of sp³-hybridized carbons (Fsp3) is 0.438. The van der Waals surface area contributed by atoms with Crippen LogP contribution in [0.15, 0.2) is 37.2 Å². The van der Waals surface area contributed by atoms with Crippen molar-refractivity contribution < 1.29 is 5.11 Å². The minimum atomic E-state index is 0.00703. The molecule has 0 spiro atoms. The summed E-state index contributed by atoms with van der Waals surface area (Å²) in [5, 5.41) is 9.40. The van der Waals surface area contributed by atoms with Crippen molar-refractivity contribution in [1.29, 1.82) is 0 Å². The highest BCUT2D eigenvalue weighted by atomic mass is 16.3. The Morgan fingerprint density at radius 2 is 2.11 bits per heavy atom. The molecule has 2 heteroatoms. The van der Waals surface area contributed by atoms with Crippen molar-refractivity contribution in [3.8, 4) is 0 Å². The maximum absolute atomic E-state index is 9.40. The molecule has 2 nitrogen and oxygen atoms in total. The fourth-order valence-electron chi connectivity index (χ4n) is 3.64. The second kappa shape index (κ2) is 4.27. The van der Waals surface area contributed by atoms with Crippen molar-refractivity contribution in [2.24, 2.45) is 11.8 Å². The number of hydrogen-bond acceptors (Lipinski definition) is 2. The van der Waals surface area contributed by atoms with E-state index in [0.29, 0.717) is 11.5 Å². The molecule has 18 heavy (non-hydrogen) atoms. The van der Waals surface area contributed by atoms with E-state index in [4.69, 9.17) is 0 Å². The molecule has 94 valence electrons. The van der Waals surface area contributed by atoms with Gasteiger partial charge in [-0.15, -0.1) is 0 Å². The first kappa shape index (κ1) is 11.5. The molecule has 2 bridgehead atoms. The lowest BCUT2D eigenvalue weighted by Crippen LogP contribution is -2.09. The molecule has 2 aliphatic carbocycles. The third-order valence-corrected chi connectivity index (χ3v) is 4.61. The average Bonchev–Trinajstić information content (AvgIpc) is 3.00. The molecule has 0 aromatic carbocycles. The number of hydrogen-bond donors (Lipinski definition) is 1. The summed E-state index contributed by atoms with van der Waals surface area (Å²) in [4.78, 5) is 4.27. The Labute approximate surface area is 108 Å². The standard InChI is InChI=1S/C16H19NO/c1-10(11(2)18)16-9-14(5-6-17-16)15-8-12-3-4-13(15)7-12/h5-6,9,12-13,15,18H,1-4,7-8H2. The van der Waals surface area contributed by atoms with Crippen LogP contribution < -0.4 is 0 Å². The van der Waals surface area contributed by atoms with Crippen LogP contribution in [-0.4, -0.2) is 10.1 Å². The lowest BCUT2D eigenvalue weighted by Gasteiger charge is -2.22. The van der Waals surface area contributed by atoms with E-state index in [1.165, 1.54) is 31.2 Å². The third kappa shape index (κ3) is 1.86. The van der Waals surface area contributed by atoms with Crippen LogP contribution in [0.4, 0.5) is 0 Å². The Morgan fingerprint density at radius 1 is 1.28 bits per heavy atom. The number of aliphatic hydroxyl groups excluding tert-OH is 1. The summed E-state index contributed by atoms with van der Waals surface area (Å²) in [6.45, 7) is 7.34. The minimum absolute atomic E-state index is 0.00703. The van der Waals surface area contributed by atoms with Gasteiger partial charge in [0.1, 0.15) is 5.76 Å². The Hall–Kier alpha value is -1.57. The molecule has 1 aromatic rings. The smallest absolute Gasteiger partial charge is 0.117 e. The topological polar surface area (TPSA) is 33.1 Å². The molecule has 0 aliphatic heterocycles. The minimum Gasteiger partial charge on any atom is -0.508 e. The molecule has 0 amide bonds. The number of rotatable bonds is 3. The maximum atomic E-state index is 9.40. The Kier molecular flexibility index (Phi) is 2.73. The first-order chi connectivity index (χ1) is 8.65. The number of fused-ring (bicyclic) bond motifs is 2. The molecule has 3 atom stereocenters. The van der Waals surface area contributed by atoms with Gasteiger partial charge in [0.25, 0.3) is 0 Å². The van der Waals surface area contributed by atoms with E-state index >= 15 is 0 Å². The van der Waals surface area contributed by atoms with Gasteiger partial charge < -0.3 is 5.11 Å². The van der Waals surface area contributed by atoms with Gasteiger partial charge in [0.05, 0.1) is 5.69 Å². The van der Waals surface area contributed by atoms with Gasteiger partial charge >= 0.3 is 0 Å². The molecular formula is C16H19NO. The van der Waals surface area contributed by atoms with Crippen molar-refractivity contribution in [2.75, 3.05) is 0 Å². The van der Waals surface area contributed by atoms with Gasteiger partial charge in [-0.3, -0.25) is 4.98 Å². The second-order valence-corrected chi connectivity index (χ2v) is 5.68. The molecule has 2 fully saturated rings. The summed E-state index contributed by atoms with van der Waals surface area (Å²) >= 11 is 0. The van der Waals surface area contributed by atoms with Crippen LogP contribution >= 0.6 is 0 Å². The van der Waals surface area contributed by atoms with Gasteiger partial charge in [-0.25, -0.2) is 0 Å². The molecule has 0 saturated heterocycles. The monoisotopic (exact) mass is 241 g/mol. The normalized spacial score (nSPS) is 29.4. The van der Waals surface area contributed by atoms with Crippen LogP contribution in [0.2, 0.25) is 0 Å². The molecular weight excluding hydrogens is 222 g/mol. The average molecular weight is 241 g/mol. The molecule has 1 N–H and O–H groups in total. The third-order valence-electron chi connectivity index (χ3n) is 4.61. The quantitative estimate of drug-likeness (QED) is 0.639. The predicted octanol–water partition coefficient (Wildman–Crippen LogP) is 4.07. The van der Waals surface area contributed by atoms with Gasteiger partial charge in [-0.05, 0) is 54.7 Å². The summed E-state index contributed by atoms with van der Waals surface area (Å²) in [5.41, 5.74) is 2.64. The number of aromatic nitrogens is 1. The second-order valence-electron chi connectivity index (χ2n) is 5.68. The van der Waals surface area contributed by atoms with Gasteiger partial charge in [-0.1, -0.05) is 19.6 Å². The van der Waals surface area contributed by atoms with Gasteiger partial charge in [-0.2, -0.15) is 0 Å². The van der Waals surface area contributed by atoms with Crippen LogP contribution in [0.1, 0.15) is 42.9 Å². The largest absolute Gasteiger partial charge is 0.508 e. The summed E-state index contributed by atoms with van der Waals surface area (Å²) in [6.07, 6.45) is 7.33. The lowest BCUT2D eigenvalue weighted by molar-refractivity contribution is 0.419. The van der Waals surface area contributed by atoms with Crippen LogP contribution in [0, 0.1) is 11.8 Å². The summed E-state index contributed by atoms with van der Waals surface area (Å²) < 4.78 is 0. The van der Waals surface area contributed by atoms with E-state index in [-0.39, 0.29) is 5.76 Å². The fourth-order valence-corrected chi connectivity index (χ4v) is 3.64. The highest BCUT2D eigenvalue weighted by Gasteiger charge is 2.40. The van der Waals surface area contributed by atoms with E-state index in [9.17, 15) is 5.11 Å². The van der Waals surface area contributed by atoms with E-state index in [1.807, 2.05) is 6.20 Å². The molecule has 1 aromatic heterocycles. The SMILES string of the molecule is C=C(O)C(=C)c1cc(C2CC3CCC2C3)ccn1. The number of nitrogens with zero attached hydrogens (tertiary/aromatic N) is 1. The van der Waals surface area contributed by atoms with Gasteiger partial charge in [0.15, 0.2) is 0 Å². The first-order valence-corrected chi connectivity index (χ1v) is 6.68. The summed E-state index contributed by atoms with van der Waals surface area (Å²) in [5.74, 6) is 2.49. The van der Waals surface area contributed by atoms with Crippen molar-refractivity contribution in [3.63, 3.8) is 0 Å². The predicted molar refractivity (Wildman–Crippen MR) is 73.2 cm³/mol. The molecule has 1 heterocycles. The van der Waals surface area contributed by atoms with Crippen molar-refractivity contribution >= 4 is 5.57 Å². The number of pyridine rings is 1. The number of allylic oxidation sites excluding steroid dienone is 1. The van der Waals surface area contributed by atoms with Crippen molar-refractivity contribution in [2.45, 2.75) is 31.6 Å². The molecule has 2 saturated carbocycles. The highest BCUT2D eigenvalue weighted by molar-refractivity contribution is 5.72. The van der Waals surface area contributed by atoms with Gasteiger partial charge in [0, 0.05) is 11.8 Å². The van der Waals surface area contributed by atoms with Gasteiger partial charge in [0.2, 0.25) is 0 Å². The number of aliphatic hydroxyl groups is 1. The molecule has 3 rings (SSSR count). The zero-order valence-electron chi connectivity index (χ0n) is 10.6. The van der Waals surface area contributed by atoms with Crippen LogP contribution in [0.25, 0.3) is 5.57 Å². The van der Waals surface area contributed by atoms with Crippen molar-refractivity contribution in [3.05, 3.63) is 48.5 Å². The lowest BCUT2D eigenvalue weighted by atomic mass is 9.83. The van der Waals surface area contributed by atoms with E-state index < -0.39 is 0 Å². The van der Waals surface area contributed by atoms with Crippen LogP contribution in [0.5, 0.6) is 0 Å². The Morgan fingerprint density at radius 3 is 2.72 bits per heavy atom. The zero-order valence-corrected chi connectivity index (χ0v) is 10.6. The van der Waals surface area contributed by atoms with Crippen LogP contribution in [-0.2, 0) is 0 Å².